The van der Waals surface area contributed by atoms with Crippen molar-refractivity contribution in [3.8, 4) is 51.3 Å². The van der Waals surface area contributed by atoms with E-state index in [9.17, 15) is 10.2 Å². The van der Waals surface area contributed by atoms with Crippen molar-refractivity contribution in [2.75, 3.05) is 14.2 Å². The number of phenolic OH excluding ortho intramolecular Hbond substituents is 2. The molecular formula is C36H29N3O4. The van der Waals surface area contributed by atoms with Gasteiger partial charge in [-0.1, -0.05) is 54.1 Å². The van der Waals surface area contributed by atoms with E-state index in [4.69, 9.17) is 14.7 Å². The van der Waals surface area contributed by atoms with Gasteiger partial charge in [-0.2, -0.15) is 5.26 Å². The van der Waals surface area contributed by atoms with E-state index in [1.54, 1.807) is 42.8 Å². The Labute approximate surface area is 250 Å². The number of hydrogen-bond acceptors (Lipinski definition) is 7. The molecule has 0 aromatic heterocycles. The monoisotopic (exact) mass is 567 g/mol. The number of aryl methyl sites for hydroxylation is 1. The average molecular weight is 568 g/mol. The number of nitrogens with zero attached hydrogens (tertiary/aromatic N) is 3. The van der Waals surface area contributed by atoms with Crippen molar-refractivity contribution in [1.29, 1.82) is 5.26 Å². The van der Waals surface area contributed by atoms with Crippen LogP contribution in [0.5, 0.6) is 23.0 Å². The van der Waals surface area contributed by atoms with Crippen LogP contribution in [0.3, 0.4) is 0 Å². The standard InChI is InChI=1S/C36H29N3O4/c1-23-8-12-25(13-9-23)27-16-29(35(40)33(18-27)42-2)21-38-31-6-4-5-7-32(31)39-22-30-17-28(19-34(43-3)36(30)41)26-14-10-24(20-37)11-15-26/h4-19,21-22,40-41H,1-3H3. The van der Waals surface area contributed by atoms with Crippen LogP contribution in [0.25, 0.3) is 22.3 Å². The fourth-order valence-electron chi connectivity index (χ4n) is 4.54. The number of methoxy groups -OCH3 is 2. The molecule has 0 saturated carbocycles. The molecule has 43 heavy (non-hydrogen) atoms. The Kier molecular flexibility index (Phi) is 8.50. The van der Waals surface area contributed by atoms with Crippen molar-refractivity contribution in [1.82, 2.24) is 0 Å². The normalized spacial score (nSPS) is 11.1. The van der Waals surface area contributed by atoms with E-state index in [1.807, 2.05) is 73.7 Å². The first-order valence-corrected chi connectivity index (χ1v) is 13.5. The molecule has 2 N–H and O–H groups in total. The molecule has 0 atom stereocenters. The van der Waals surface area contributed by atoms with Gasteiger partial charge in [0, 0.05) is 23.6 Å². The van der Waals surface area contributed by atoms with Gasteiger partial charge in [0.2, 0.25) is 0 Å². The van der Waals surface area contributed by atoms with E-state index in [1.165, 1.54) is 14.2 Å². The van der Waals surface area contributed by atoms with Gasteiger partial charge in [0.05, 0.1) is 37.2 Å². The lowest BCUT2D eigenvalue weighted by Crippen LogP contribution is -1.92. The molecule has 0 heterocycles. The molecule has 7 nitrogen and oxygen atoms in total. The summed E-state index contributed by atoms with van der Waals surface area (Å²) in [5.74, 6) is 0.583. The first kappa shape index (κ1) is 28.7. The van der Waals surface area contributed by atoms with Crippen LogP contribution in [0.4, 0.5) is 11.4 Å². The number of aliphatic imine (C=N–C) groups is 2. The summed E-state index contributed by atoms with van der Waals surface area (Å²) in [6.45, 7) is 2.03. The van der Waals surface area contributed by atoms with E-state index in [0.29, 0.717) is 39.6 Å². The molecule has 0 aliphatic heterocycles. The molecule has 5 rings (SSSR count). The van der Waals surface area contributed by atoms with Crippen molar-refractivity contribution in [2.45, 2.75) is 6.92 Å². The first-order valence-electron chi connectivity index (χ1n) is 13.5. The summed E-state index contributed by atoms with van der Waals surface area (Å²) in [5, 5.41) is 30.8. The second-order valence-electron chi connectivity index (χ2n) is 9.79. The SMILES string of the molecule is COc1cc(-c2ccc(C)cc2)cc(C=Nc2ccccc2N=Cc2cc(-c3ccc(C#N)cc3)cc(OC)c2O)c1O. The van der Waals surface area contributed by atoms with Gasteiger partial charge in [0.25, 0.3) is 0 Å². The average Bonchev–Trinajstić information content (AvgIpc) is 3.04. The lowest BCUT2D eigenvalue weighted by molar-refractivity contribution is 0.373. The third kappa shape index (κ3) is 6.39. The summed E-state index contributed by atoms with van der Waals surface area (Å²) in [6, 6.07) is 31.9. The Balaban J connectivity index is 1.49. The molecule has 0 fully saturated rings. The number of nitriles is 1. The molecule has 212 valence electrons. The number of rotatable bonds is 8. The third-order valence-electron chi connectivity index (χ3n) is 6.95. The summed E-state index contributed by atoms with van der Waals surface area (Å²) >= 11 is 0. The summed E-state index contributed by atoms with van der Waals surface area (Å²) in [7, 11) is 3.00. The quantitative estimate of drug-likeness (QED) is 0.184. The van der Waals surface area contributed by atoms with Crippen LogP contribution in [-0.2, 0) is 0 Å². The van der Waals surface area contributed by atoms with Gasteiger partial charge in [-0.25, -0.2) is 0 Å². The smallest absolute Gasteiger partial charge is 0.166 e. The molecule has 5 aromatic carbocycles. The van der Waals surface area contributed by atoms with Crippen molar-refractivity contribution in [2.24, 2.45) is 9.98 Å². The van der Waals surface area contributed by atoms with Crippen LogP contribution in [-0.4, -0.2) is 36.9 Å². The predicted octanol–water partition coefficient (Wildman–Crippen LogP) is 8.13. The maximum Gasteiger partial charge on any atom is 0.166 e. The Morgan fingerprint density at radius 1 is 0.628 bits per heavy atom. The minimum absolute atomic E-state index is 0.0141. The molecule has 0 bridgehead atoms. The summed E-state index contributed by atoms with van der Waals surface area (Å²) in [5.41, 5.74) is 7.30. The van der Waals surface area contributed by atoms with Gasteiger partial charge in [-0.3, -0.25) is 9.98 Å². The predicted molar refractivity (Wildman–Crippen MR) is 171 cm³/mol. The molecule has 0 saturated heterocycles. The maximum absolute atomic E-state index is 10.8. The number of benzene rings is 5. The largest absolute Gasteiger partial charge is 0.504 e. The Morgan fingerprint density at radius 2 is 1.07 bits per heavy atom. The molecule has 0 aliphatic carbocycles. The molecule has 0 amide bonds. The van der Waals surface area contributed by atoms with Crippen LogP contribution in [0, 0.1) is 18.3 Å². The van der Waals surface area contributed by atoms with E-state index in [0.717, 1.165) is 27.8 Å². The summed E-state index contributed by atoms with van der Waals surface area (Å²) < 4.78 is 10.8. The zero-order chi connectivity index (χ0) is 30.3. The van der Waals surface area contributed by atoms with Crippen molar-refractivity contribution < 1.29 is 19.7 Å². The second kappa shape index (κ2) is 12.8. The zero-order valence-electron chi connectivity index (χ0n) is 23.9. The third-order valence-corrected chi connectivity index (χ3v) is 6.95. The van der Waals surface area contributed by atoms with E-state index >= 15 is 0 Å². The fourth-order valence-corrected chi connectivity index (χ4v) is 4.54. The van der Waals surface area contributed by atoms with Crippen LogP contribution >= 0.6 is 0 Å². The van der Waals surface area contributed by atoms with E-state index < -0.39 is 0 Å². The van der Waals surface area contributed by atoms with Crippen LogP contribution in [0.2, 0.25) is 0 Å². The molecule has 0 radical (unpaired) electrons. The van der Waals surface area contributed by atoms with Crippen LogP contribution in [0.15, 0.2) is 107 Å². The van der Waals surface area contributed by atoms with Gasteiger partial charge >= 0.3 is 0 Å². The molecular weight excluding hydrogens is 538 g/mol. The van der Waals surface area contributed by atoms with Crippen LogP contribution < -0.4 is 9.47 Å². The van der Waals surface area contributed by atoms with E-state index in [-0.39, 0.29) is 11.5 Å². The van der Waals surface area contributed by atoms with Crippen LogP contribution in [0.1, 0.15) is 22.3 Å². The van der Waals surface area contributed by atoms with E-state index in [2.05, 4.69) is 16.1 Å². The van der Waals surface area contributed by atoms with Gasteiger partial charge in [-0.05, 0) is 77.7 Å². The van der Waals surface area contributed by atoms with Crippen molar-refractivity contribution >= 4 is 23.8 Å². The summed E-state index contributed by atoms with van der Waals surface area (Å²) in [4.78, 5) is 9.28. The van der Waals surface area contributed by atoms with Gasteiger partial charge in [0.15, 0.2) is 23.0 Å². The number of hydrogen-bond donors (Lipinski definition) is 2. The molecule has 5 aromatic rings. The molecule has 0 unspecified atom stereocenters. The number of para-hydroxylation sites is 2. The second-order valence-corrected chi connectivity index (χ2v) is 9.79. The highest BCUT2D eigenvalue weighted by molar-refractivity contribution is 5.93. The fraction of sp³-hybridized carbons (Fsp3) is 0.0833. The highest BCUT2D eigenvalue weighted by Gasteiger charge is 2.13. The summed E-state index contributed by atoms with van der Waals surface area (Å²) in [6.07, 6.45) is 3.13. The lowest BCUT2D eigenvalue weighted by atomic mass is 10.0. The van der Waals surface area contributed by atoms with Crippen molar-refractivity contribution in [3.05, 3.63) is 119 Å². The topological polar surface area (TPSA) is 107 Å². The molecule has 0 spiro atoms. The Hall–Kier alpha value is -5.87. The van der Waals surface area contributed by atoms with Crippen molar-refractivity contribution in [3.63, 3.8) is 0 Å². The van der Waals surface area contributed by atoms with Gasteiger partial charge in [-0.15, -0.1) is 0 Å². The number of aromatic hydroxyl groups is 2. The first-order chi connectivity index (χ1) is 20.9. The van der Waals surface area contributed by atoms with Gasteiger partial charge < -0.3 is 19.7 Å². The minimum Gasteiger partial charge on any atom is -0.504 e. The minimum atomic E-state index is -0.0467. The highest BCUT2D eigenvalue weighted by Crippen LogP contribution is 2.37. The molecule has 7 heteroatoms. The lowest BCUT2D eigenvalue weighted by Gasteiger charge is -2.11. The number of ether oxygens (including phenoxy) is 2. The zero-order valence-corrected chi connectivity index (χ0v) is 23.9. The van der Waals surface area contributed by atoms with Gasteiger partial charge in [0.1, 0.15) is 0 Å². The Bertz CT molecular complexity index is 1870. The Morgan fingerprint density at radius 3 is 1.49 bits per heavy atom. The number of phenols is 2. The molecule has 0 aliphatic rings. The highest BCUT2D eigenvalue weighted by atomic mass is 16.5. The maximum atomic E-state index is 10.8.